The first-order chi connectivity index (χ1) is 6.60. The van der Waals surface area contributed by atoms with Gasteiger partial charge in [0.05, 0.1) is 7.11 Å². The van der Waals surface area contributed by atoms with Gasteiger partial charge in [0.25, 0.3) is 0 Å². The molecule has 78 valence electrons. The van der Waals surface area contributed by atoms with Gasteiger partial charge in [0.15, 0.2) is 11.1 Å². The molecule has 14 heavy (non-hydrogen) atoms. The highest BCUT2D eigenvalue weighted by molar-refractivity contribution is 7.75. The van der Waals surface area contributed by atoms with Crippen molar-refractivity contribution in [1.82, 2.24) is 0 Å². The van der Waals surface area contributed by atoms with E-state index in [4.69, 9.17) is 9.47 Å². The van der Waals surface area contributed by atoms with Crippen LogP contribution in [0.4, 0.5) is 0 Å². The van der Waals surface area contributed by atoms with Crippen LogP contribution >= 0.6 is 0 Å². The van der Waals surface area contributed by atoms with Crippen molar-refractivity contribution >= 4 is 26.9 Å². The lowest BCUT2D eigenvalue weighted by Gasteiger charge is -2.16. The predicted octanol–water partition coefficient (Wildman–Crippen LogP) is -0.513. The molecule has 0 aromatic heterocycles. The largest absolute Gasteiger partial charge is 0.480 e. The topological polar surface area (TPSA) is 77.3 Å². The zero-order valence-corrected chi connectivity index (χ0v) is 8.83. The highest BCUT2D eigenvalue weighted by Gasteiger charge is 2.27. The third-order valence-electron chi connectivity index (χ3n) is 1.60. The van der Waals surface area contributed by atoms with E-state index in [0.717, 1.165) is 0 Å². The Labute approximate surface area is 82.8 Å². The highest BCUT2D eigenvalue weighted by atomic mass is 32.2. The lowest BCUT2D eigenvalue weighted by atomic mass is 10.3. The molecular weight excluding hydrogens is 208 g/mol. The van der Waals surface area contributed by atoms with Crippen LogP contribution in [0.1, 0.15) is 6.92 Å². The molecule has 0 fully saturated rings. The molecule has 1 unspecified atom stereocenters. The Morgan fingerprint density at radius 3 is 2.43 bits per heavy atom. The maximum absolute atomic E-state index is 10.9. The summed E-state index contributed by atoms with van der Waals surface area (Å²) in [7, 11) is 0.264. The Morgan fingerprint density at radius 2 is 2.00 bits per heavy atom. The van der Waals surface area contributed by atoms with Gasteiger partial charge in [-0.05, 0) is 6.92 Å². The summed E-state index contributed by atoms with van der Waals surface area (Å²) in [4.78, 5) is 7.65. The summed E-state index contributed by atoms with van der Waals surface area (Å²) in [6.07, 6.45) is -0.860. The summed E-state index contributed by atoms with van der Waals surface area (Å²) in [5.74, 6) is 0.445. The van der Waals surface area contributed by atoms with E-state index in [1.54, 1.807) is 6.92 Å². The van der Waals surface area contributed by atoms with Crippen molar-refractivity contribution in [2.45, 2.75) is 13.2 Å². The van der Waals surface area contributed by atoms with Gasteiger partial charge >= 0.3 is 0 Å². The van der Waals surface area contributed by atoms with Crippen LogP contribution in [0.15, 0.2) is 9.98 Å². The molecule has 1 aliphatic heterocycles. The first-order valence-electron chi connectivity index (χ1n) is 3.76. The second-order valence-corrected chi connectivity index (χ2v) is 3.39. The molecule has 0 radical (unpaired) electrons. The van der Waals surface area contributed by atoms with Gasteiger partial charge in [0.1, 0.15) is 5.84 Å². The normalized spacial score (nSPS) is 21.4. The second kappa shape index (κ2) is 4.34. The average Bonchev–Trinajstić information content (AvgIpc) is 2.15. The molecule has 6 nitrogen and oxygen atoms in total. The molecule has 0 spiro atoms. The molecule has 1 aliphatic rings. The molecule has 1 rings (SSSR count). The fraction of sp³-hybridized carbons (Fsp3) is 0.571. The zero-order chi connectivity index (χ0) is 10.7. The monoisotopic (exact) mass is 218 g/mol. The van der Waals surface area contributed by atoms with E-state index in [2.05, 4.69) is 9.98 Å². The SMILES string of the molecule is COC1=NC(C)=NC(OC)C1=S(=O)=O. The van der Waals surface area contributed by atoms with E-state index in [1.165, 1.54) is 14.2 Å². The predicted molar refractivity (Wildman–Crippen MR) is 52.3 cm³/mol. The average molecular weight is 218 g/mol. The Kier molecular flexibility index (Phi) is 3.37. The van der Waals surface area contributed by atoms with Crippen LogP contribution in [0.25, 0.3) is 0 Å². The molecule has 0 amide bonds. The van der Waals surface area contributed by atoms with Crippen molar-refractivity contribution in [3.05, 3.63) is 0 Å². The van der Waals surface area contributed by atoms with Crippen molar-refractivity contribution < 1.29 is 17.9 Å². The Morgan fingerprint density at radius 1 is 1.36 bits per heavy atom. The molecule has 1 atom stereocenters. The molecule has 0 saturated carbocycles. The number of ether oxygens (including phenoxy) is 2. The van der Waals surface area contributed by atoms with Crippen molar-refractivity contribution in [2.75, 3.05) is 14.2 Å². The van der Waals surface area contributed by atoms with Gasteiger partial charge in [-0.3, -0.25) is 0 Å². The number of aliphatic imine (C=N–C) groups is 2. The minimum absolute atomic E-state index is 0.0256. The Hall–Kier alpha value is -1.21. The van der Waals surface area contributed by atoms with Crippen LogP contribution in [0.2, 0.25) is 0 Å². The Bertz CT molecular complexity index is 413. The van der Waals surface area contributed by atoms with Gasteiger partial charge in [-0.25, -0.2) is 4.99 Å². The summed E-state index contributed by atoms with van der Waals surface area (Å²) < 4.78 is 31.4. The van der Waals surface area contributed by atoms with Gasteiger partial charge in [-0.15, -0.1) is 0 Å². The molecule has 0 aromatic rings. The first-order valence-corrected chi connectivity index (χ1v) is 4.84. The molecule has 1 heterocycles. The van der Waals surface area contributed by atoms with Gasteiger partial charge < -0.3 is 9.47 Å². The molecule has 7 heteroatoms. The van der Waals surface area contributed by atoms with Crippen LogP contribution in [0.5, 0.6) is 0 Å². The van der Waals surface area contributed by atoms with Crippen molar-refractivity contribution in [3.63, 3.8) is 0 Å². The van der Waals surface area contributed by atoms with E-state index in [1.807, 2.05) is 0 Å². The number of hydrogen-bond acceptors (Lipinski definition) is 6. The van der Waals surface area contributed by atoms with Crippen LogP contribution in [-0.2, 0) is 19.8 Å². The molecule has 0 saturated heterocycles. The van der Waals surface area contributed by atoms with Crippen molar-refractivity contribution in [2.24, 2.45) is 9.98 Å². The summed E-state index contributed by atoms with van der Waals surface area (Å²) >= 11 is 0. The van der Waals surface area contributed by atoms with Gasteiger partial charge in [0, 0.05) is 7.11 Å². The molecular formula is C7H10N2O4S. The van der Waals surface area contributed by atoms with Gasteiger partial charge in [-0.1, -0.05) is 0 Å². The number of nitrogens with zero attached hydrogens (tertiary/aromatic N) is 2. The fourth-order valence-electron chi connectivity index (χ4n) is 1.02. The maximum atomic E-state index is 10.9. The van der Waals surface area contributed by atoms with E-state index in [-0.39, 0.29) is 10.8 Å². The summed E-state index contributed by atoms with van der Waals surface area (Å²) in [6.45, 7) is 1.63. The van der Waals surface area contributed by atoms with Crippen LogP contribution in [-0.4, -0.2) is 45.5 Å². The minimum atomic E-state index is -2.45. The fourth-order valence-corrected chi connectivity index (χ4v) is 1.61. The van der Waals surface area contributed by atoms with E-state index in [9.17, 15) is 8.42 Å². The molecule has 0 aliphatic carbocycles. The molecule has 0 aromatic carbocycles. The third kappa shape index (κ3) is 1.99. The van der Waals surface area contributed by atoms with Crippen molar-refractivity contribution in [3.8, 4) is 0 Å². The number of hydrogen-bond donors (Lipinski definition) is 0. The second-order valence-electron chi connectivity index (χ2n) is 2.48. The van der Waals surface area contributed by atoms with Crippen molar-refractivity contribution in [1.29, 1.82) is 0 Å². The molecule has 0 bridgehead atoms. The minimum Gasteiger partial charge on any atom is -0.480 e. The zero-order valence-electron chi connectivity index (χ0n) is 8.01. The summed E-state index contributed by atoms with van der Waals surface area (Å²) in [5, 5.41) is 0. The van der Waals surface area contributed by atoms with Crippen LogP contribution < -0.4 is 0 Å². The summed E-state index contributed by atoms with van der Waals surface area (Å²) in [6, 6.07) is 0. The van der Waals surface area contributed by atoms with Gasteiger partial charge in [-0.2, -0.15) is 13.4 Å². The number of methoxy groups -OCH3 is 2. The maximum Gasteiger partial charge on any atom is 0.238 e. The first kappa shape index (κ1) is 10.9. The standard InChI is InChI=1S/C7H10N2O4S/c1-4-8-6(12-2)5(14(10)11)7(9-4)13-3/h6H,1-3H3. The van der Waals surface area contributed by atoms with E-state index >= 15 is 0 Å². The summed E-state index contributed by atoms with van der Waals surface area (Å²) in [5.41, 5.74) is 0. The van der Waals surface area contributed by atoms with E-state index in [0.29, 0.717) is 5.84 Å². The van der Waals surface area contributed by atoms with E-state index < -0.39 is 16.5 Å². The number of rotatable bonds is 1. The molecule has 0 N–H and O–H groups in total. The Balaban J connectivity index is 3.29. The van der Waals surface area contributed by atoms with Crippen LogP contribution in [0.3, 0.4) is 0 Å². The van der Waals surface area contributed by atoms with Crippen LogP contribution in [0, 0.1) is 0 Å². The smallest absolute Gasteiger partial charge is 0.238 e. The lowest BCUT2D eigenvalue weighted by molar-refractivity contribution is 0.164. The van der Waals surface area contributed by atoms with Gasteiger partial charge in [0.2, 0.25) is 16.2 Å². The number of amidine groups is 1. The quantitative estimate of drug-likeness (QED) is 0.555. The highest BCUT2D eigenvalue weighted by Crippen LogP contribution is 2.06. The lowest BCUT2D eigenvalue weighted by Crippen LogP contribution is -2.35. The third-order valence-corrected chi connectivity index (χ3v) is 2.33.